The van der Waals surface area contributed by atoms with E-state index in [0.717, 1.165) is 17.5 Å². The highest BCUT2D eigenvalue weighted by atomic mass is 32.2. The summed E-state index contributed by atoms with van der Waals surface area (Å²) in [6.45, 7) is 5.46. The maximum atomic E-state index is 12.6. The summed E-state index contributed by atoms with van der Waals surface area (Å²) in [5.74, 6) is -0.107. The van der Waals surface area contributed by atoms with Crippen molar-refractivity contribution in [1.82, 2.24) is 4.72 Å². The van der Waals surface area contributed by atoms with Crippen LogP contribution in [0.2, 0.25) is 0 Å². The van der Waals surface area contributed by atoms with Crippen LogP contribution in [-0.2, 0) is 21.2 Å². The summed E-state index contributed by atoms with van der Waals surface area (Å²) in [5.41, 5.74) is 3.90. The van der Waals surface area contributed by atoms with E-state index in [0.29, 0.717) is 16.8 Å². The largest absolute Gasteiger partial charge is 0.324 e. The summed E-state index contributed by atoms with van der Waals surface area (Å²) >= 11 is 0. The minimum atomic E-state index is -3.70. The molecule has 1 aliphatic rings. The van der Waals surface area contributed by atoms with Gasteiger partial charge in [-0.25, -0.2) is 8.42 Å². The predicted molar refractivity (Wildman–Crippen MR) is 113 cm³/mol. The molecule has 3 rings (SSSR count). The zero-order valence-electron chi connectivity index (χ0n) is 16.1. The molecule has 0 saturated heterocycles. The topological polar surface area (TPSA) is 87.6 Å². The van der Waals surface area contributed by atoms with Gasteiger partial charge in [0.1, 0.15) is 17.3 Å². The predicted octanol–water partition coefficient (Wildman–Crippen LogP) is 3.26. The van der Waals surface area contributed by atoms with Crippen LogP contribution in [0.1, 0.15) is 30.5 Å². The molecular formula is C21H23N3O3S. The van der Waals surface area contributed by atoms with Gasteiger partial charge in [0, 0.05) is 11.3 Å². The number of benzene rings is 2. The minimum absolute atomic E-state index is 0.175. The number of aliphatic imine (C=N–C) groups is 1. The third-order valence-electron chi connectivity index (χ3n) is 4.62. The molecule has 1 heterocycles. The van der Waals surface area contributed by atoms with Gasteiger partial charge in [0.05, 0.1) is 0 Å². The van der Waals surface area contributed by atoms with E-state index in [-0.39, 0.29) is 23.2 Å². The van der Waals surface area contributed by atoms with Gasteiger partial charge in [0.25, 0.3) is 10.0 Å². The molecule has 0 aliphatic carbocycles. The van der Waals surface area contributed by atoms with Crippen LogP contribution in [0.5, 0.6) is 0 Å². The maximum absolute atomic E-state index is 12.6. The van der Waals surface area contributed by atoms with Crippen molar-refractivity contribution in [1.29, 1.82) is 0 Å². The smallest absolute Gasteiger partial charge is 0.264 e. The fourth-order valence-corrected chi connectivity index (χ4v) is 4.55. The van der Waals surface area contributed by atoms with Crippen molar-refractivity contribution in [2.45, 2.75) is 27.2 Å². The van der Waals surface area contributed by atoms with Gasteiger partial charge in [-0.1, -0.05) is 49.4 Å². The maximum Gasteiger partial charge on any atom is 0.264 e. The highest BCUT2D eigenvalue weighted by Crippen LogP contribution is 2.30. The van der Waals surface area contributed by atoms with E-state index >= 15 is 0 Å². The van der Waals surface area contributed by atoms with E-state index in [1.807, 2.05) is 50.2 Å². The molecule has 2 N–H and O–H groups in total. The molecule has 0 atom stereocenters. The lowest BCUT2D eigenvalue weighted by molar-refractivity contribution is -0.114. The number of aryl methyl sites for hydroxylation is 2. The summed E-state index contributed by atoms with van der Waals surface area (Å²) in [5, 5.41) is 2.79. The van der Waals surface area contributed by atoms with E-state index in [2.05, 4.69) is 15.0 Å². The lowest BCUT2D eigenvalue weighted by Crippen LogP contribution is -2.25. The van der Waals surface area contributed by atoms with Crippen molar-refractivity contribution in [2.75, 3.05) is 11.9 Å². The number of amidine groups is 1. The van der Waals surface area contributed by atoms with Crippen molar-refractivity contribution in [2.24, 2.45) is 4.99 Å². The van der Waals surface area contributed by atoms with Crippen LogP contribution in [0.4, 0.5) is 5.69 Å². The second-order valence-corrected chi connectivity index (χ2v) is 8.26. The van der Waals surface area contributed by atoms with Crippen molar-refractivity contribution >= 4 is 32.4 Å². The summed E-state index contributed by atoms with van der Waals surface area (Å²) in [6, 6.07) is 14.8. The van der Waals surface area contributed by atoms with E-state index in [4.69, 9.17) is 0 Å². The quantitative estimate of drug-likeness (QED) is 0.812. The van der Waals surface area contributed by atoms with Crippen molar-refractivity contribution < 1.29 is 13.2 Å². The Hall–Kier alpha value is -2.93. The zero-order chi connectivity index (χ0) is 20.3. The van der Waals surface area contributed by atoms with Gasteiger partial charge in [-0.05, 0) is 43.0 Å². The van der Waals surface area contributed by atoms with E-state index < -0.39 is 10.0 Å². The average molecular weight is 398 g/mol. The van der Waals surface area contributed by atoms with Crippen LogP contribution < -0.4 is 10.0 Å². The van der Waals surface area contributed by atoms with Crippen LogP contribution >= 0.6 is 0 Å². The highest BCUT2D eigenvalue weighted by Gasteiger charge is 2.32. The van der Waals surface area contributed by atoms with Crippen molar-refractivity contribution in [3.63, 3.8) is 0 Å². The molecule has 2 aromatic rings. The highest BCUT2D eigenvalue weighted by molar-refractivity contribution is 8.00. The molecule has 0 spiro atoms. The van der Waals surface area contributed by atoms with Gasteiger partial charge >= 0.3 is 0 Å². The molecule has 2 aromatic carbocycles. The number of para-hydroxylation sites is 1. The Kier molecular flexibility index (Phi) is 5.65. The van der Waals surface area contributed by atoms with Gasteiger partial charge in [-0.15, -0.1) is 0 Å². The number of carbonyl (C=O) groups excluding carboxylic acids is 1. The first-order chi connectivity index (χ1) is 13.3. The Morgan fingerprint density at radius 1 is 1.07 bits per heavy atom. The first kappa shape index (κ1) is 19.8. The fourth-order valence-electron chi connectivity index (χ4n) is 3.03. The number of amides is 1. The molecule has 28 heavy (non-hydrogen) atoms. The molecule has 7 heteroatoms. The first-order valence-corrected chi connectivity index (χ1v) is 10.5. The molecule has 0 fully saturated rings. The summed E-state index contributed by atoms with van der Waals surface area (Å²) in [4.78, 5) is 16.6. The van der Waals surface area contributed by atoms with Gasteiger partial charge in [0.2, 0.25) is 5.91 Å². The van der Waals surface area contributed by atoms with Crippen LogP contribution in [0.25, 0.3) is 4.91 Å². The number of hydrogen-bond donors (Lipinski definition) is 2. The molecule has 0 radical (unpaired) electrons. The second kappa shape index (κ2) is 7.98. The van der Waals surface area contributed by atoms with Gasteiger partial charge < -0.3 is 5.32 Å². The number of hydrogen-bond acceptors (Lipinski definition) is 4. The number of rotatable bonds is 5. The number of sulfonamides is 1. The fraction of sp³-hybridized carbons (Fsp3) is 0.238. The Labute approximate surface area is 165 Å². The van der Waals surface area contributed by atoms with Crippen LogP contribution in [0.15, 0.2) is 59.1 Å². The van der Waals surface area contributed by atoms with Crippen molar-refractivity contribution in [3.8, 4) is 0 Å². The molecule has 6 nitrogen and oxygen atoms in total. The van der Waals surface area contributed by atoms with Gasteiger partial charge in [-0.3, -0.25) is 14.5 Å². The first-order valence-electron chi connectivity index (χ1n) is 9.05. The number of anilines is 1. The Morgan fingerprint density at radius 2 is 1.75 bits per heavy atom. The van der Waals surface area contributed by atoms with E-state index in [1.54, 1.807) is 19.1 Å². The molecule has 0 aromatic heterocycles. The third kappa shape index (κ3) is 4.14. The molecule has 1 amide bonds. The van der Waals surface area contributed by atoms with E-state index in [9.17, 15) is 13.2 Å². The standard InChI is InChI=1S/C21H23N3O3S/c1-4-16-9-11-17(12-10-16)20-15(3)21(24-28(20,26)27)22-13-19(25)23-18-8-6-5-7-14(18)2/h5-12H,4,13H2,1-3H3,(H,22,24)(H,23,25). The van der Waals surface area contributed by atoms with Crippen LogP contribution in [0.3, 0.4) is 0 Å². The molecule has 0 saturated carbocycles. The summed E-state index contributed by atoms with van der Waals surface area (Å²) in [7, 11) is -3.70. The summed E-state index contributed by atoms with van der Waals surface area (Å²) < 4.78 is 27.6. The molecule has 1 aliphatic heterocycles. The SMILES string of the molecule is CCc1ccc(C2=C(C)C(=NCC(=O)Nc3ccccc3C)NS2(=O)=O)cc1. The molecular weight excluding hydrogens is 374 g/mol. The Balaban J connectivity index is 1.81. The number of nitrogens with zero attached hydrogens (tertiary/aromatic N) is 1. The molecule has 0 unspecified atom stereocenters. The van der Waals surface area contributed by atoms with Gasteiger partial charge in [0.15, 0.2) is 0 Å². The lowest BCUT2D eigenvalue weighted by Gasteiger charge is -2.06. The Bertz CT molecular complexity index is 1070. The number of carbonyl (C=O) groups is 1. The zero-order valence-corrected chi connectivity index (χ0v) is 16.9. The van der Waals surface area contributed by atoms with Crippen LogP contribution in [-0.4, -0.2) is 26.7 Å². The third-order valence-corrected chi connectivity index (χ3v) is 6.16. The van der Waals surface area contributed by atoms with Gasteiger partial charge in [-0.2, -0.15) is 0 Å². The van der Waals surface area contributed by atoms with Crippen LogP contribution in [0, 0.1) is 6.92 Å². The molecule has 0 bridgehead atoms. The van der Waals surface area contributed by atoms with E-state index in [1.165, 1.54) is 0 Å². The minimum Gasteiger partial charge on any atom is -0.324 e. The second-order valence-electron chi connectivity index (χ2n) is 6.64. The monoisotopic (exact) mass is 397 g/mol. The molecule has 146 valence electrons. The average Bonchev–Trinajstić information content (AvgIpc) is 2.90. The lowest BCUT2D eigenvalue weighted by atomic mass is 10.1. The van der Waals surface area contributed by atoms with Crippen molar-refractivity contribution in [3.05, 3.63) is 70.8 Å². The summed E-state index contributed by atoms with van der Waals surface area (Å²) in [6.07, 6.45) is 0.881. The normalized spacial score (nSPS) is 16.9. The Morgan fingerprint density at radius 3 is 2.39 bits per heavy atom. The number of nitrogens with one attached hydrogen (secondary N) is 2.